The highest BCUT2D eigenvalue weighted by atomic mass is 16.5. The first-order chi connectivity index (χ1) is 15.7. The number of hydrogen-bond acceptors (Lipinski definition) is 5. The normalized spacial score (nSPS) is 11.1. The Morgan fingerprint density at radius 1 is 0.969 bits per heavy atom. The van der Waals surface area contributed by atoms with Gasteiger partial charge in [0.05, 0.1) is 12.2 Å². The molecule has 166 valence electrons. The summed E-state index contributed by atoms with van der Waals surface area (Å²) in [4.78, 5) is 23.4. The van der Waals surface area contributed by atoms with Gasteiger partial charge in [-0.1, -0.05) is 49.1 Å². The summed E-state index contributed by atoms with van der Waals surface area (Å²) >= 11 is 0. The van der Waals surface area contributed by atoms with Crippen LogP contribution in [0.2, 0.25) is 0 Å². The van der Waals surface area contributed by atoms with Gasteiger partial charge in [-0.15, -0.1) is 0 Å². The van der Waals surface area contributed by atoms with E-state index in [1.165, 1.54) is 6.08 Å². The third-order valence-electron chi connectivity index (χ3n) is 4.87. The van der Waals surface area contributed by atoms with E-state index in [2.05, 4.69) is 18.7 Å². The number of carbonyl (C=O) groups excluding carboxylic acids is 1. The third-order valence-corrected chi connectivity index (χ3v) is 4.87. The number of carbonyl (C=O) groups is 1. The highest BCUT2D eigenvalue weighted by Crippen LogP contribution is 2.24. The number of rotatable bonds is 13. The van der Waals surface area contributed by atoms with E-state index in [1.54, 1.807) is 6.07 Å². The second kappa shape index (κ2) is 12.4. The summed E-state index contributed by atoms with van der Waals surface area (Å²) in [5.74, 6) is 0.592. The van der Waals surface area contributed by atoms with Gasteiger partial charge in [0.25, 0.3) is 0 Å². The lowest BCUT2D eigenvalue weighted by Gasteiger charge is -2.07. The molecule has 0 aliphatic carbocycles. The van der Waals surface area contributed by atoms with Gasteiger partial charge in [-0.25, -0.2) is 4.79 Å². The predicted octanol–water partition coefficient (Wildman–Crippen LogP) is 5.73. The highest BCUT2D eigenvalue weighted by Gasteiger charge is 2.08. The van der Waals surface area contributed by atoms with Crippen LogP contribution in [0.15, 0.2) is 88.6 Å². The SMILES string of the molecule is C=CC(=O)COCCC/C=C/CCCOc1ccc2cc(-c3ccccc3)c(=O)oc2c1. The number of ketones is 1. The quantitative estimate of drug-likeness (QED) is 0.149. The molecule has 1 heterocycles. The molecule has 0 aliphatic rings. The van der Waals surface area contributed by atoms with Gasteiger partial charge < -0.3 is 13.9 Å². The minimum atomic E-state index is -0.358. The second-order valence-corrected chi connectivity index (χ2v) is 7.34. The summed E-state index contributed by atoms with van der Waals surface area (Å²) in [6.07, 6.45) is 9.12. The first-order valence-corrected chi connectivity index (χ1v) is 10.8. The minimum absolute atomic E-state index is 0.0916. The predicted molar refractivity (Wildman–Crippen MR) is 127 cm³/mol. The Balaban J connectivity index is 1.41. The molecule has 0 aliphatic heterocycles. The molecule has 0 saturated heterocycles. The summed E-state index contributed by atoms with van der Waals surface area (Å²) in [6.45, 7) is 4.66. The standard InChI is InChI=1S/C27H28O5/c1-2-23(28)20-30-16-10-5-3-4-6-11-17-31-24-15-14-22-18-25(21-12-8-7-9-13-21)27(29)32-26(22)19-24/h2-4,7-9,12-15,18-19H,1,5-6,10-11,16-17,20H2/b4-3+. The molecular formula is C27H28O5. The summed E-state index contributed by atoms with van der Waals surface area (Å²) in [7, 11) is 0. The highest BCUT2D eigenvalue weighted by molar-refractivity contribution is 5.90. The minimum Gasteiger partial charge on any atom is -0.493 e. The molecule has 0 unspecified atom stereocenters. The van der Waals surface area contributed by atoms with Crippen LogP contribution in [-0.2, 0) is 9.53 Å². The lowest BCUT2D eigenvalue weighted by atomic mass is 10.1. The Hall–Kier alpha value is -3.44. The van der Waals surface area contributed by atoms with Crippen molar-refractivity contribution in [3.05, 3.63) is 89.8 Å². The van der Waals surface area contributed by atoms with Crippen molar-refractivity contribution in [2.75, 3.05) is 19.8 Å². The van der Waals surface area contributed by atoms with Crippen molar-refractivity contribution >= 4 is 16.8 Å². The average molecular weight is 433 g/mol. The largest absolute Gasteiger partial charge is 0.493 e. The fraction of sp³-hybridized carbons (Fsp3) is 0.259. The number of allylic oxidation sites excluding steroid dienone is 2. The maximum Gasteiger partial charge on any atom is 0.344 e. The smallest absolute Gasteiger partial charge is 0.344 e. The van der Waals surface area contributed by atoms with Crippen molar-refractivity contribution in [2.24, 2.45) is 0 Å². The number of benzene rings is 2. The molecule has 0 radical (unpaired) electrons. The lowest BCUT2D eigenvalue weighted by molar-refractivity contribution is -0.118. The zero-order valence-corrected chi connectivity index (χ0v) is 18.1. The Morgan fingerprint density at radius 3 is 2.47 bits per heavy atom. The van der Waals surface area contributed by atoms with Crippen LogP contribution in [0.3, 0.4) is 0 Å². The van der Waals surface area contributed by atoms with Crippen LogP contribution in [0.5, 0.6) is 5.75 Å². The molecule has 3 rings (SSSR count). The number of ether oxygens (including phenoxy) is 2. The van der Waals surface area contributed by atoms with Crippen LogP contribution in [0, 0.1) is 0 Å². The number of hydrogen-bond donors (Lipinski definition) is 0. The maximum absolute atomic E-state index is 12.4. The van der Waals surface area contributed by atoms with Gasteiger partial charge in [0.2, 0.25) is 0 Å². The molecule has 0 saturated carbocycles. The molecule has 0 bridgehead atoms. The van der Waals surface area contributed by atoms with Gasteiger partial charge in [0.15, 0.2) is 5.78 Å². The van der Waals surface area contributed by atoms with Gasteiger partial charge in [-0.3, -0.25) is 4.79 Å². The molecule has 5 heteroatoms. The summed E-state index contributed by atoms with van der Waals surface area (Å²) < 4.78 is 16.6. The van der Waals surface area contributed by atoms with E-state index in [4.69, 9.17) is 13.9 Å². The number of unbranched alkanes of at least 4 members (excludes halogenated alkanes) is 2. The van der Waals surface area contributed by atoms with Crippen LogP contribution in [0.25, 0.3) is 22.1 Å². The average Bonchev–Trinajstić information content (AvgIpc) is 2.82. The molecule has 5 nitrogen and oxygen atoms in total. The molecule has 0 atom stereocenters. The molecule has 32 heavy (non-hydrogen) atoms. The van der Waals surface area contributed by atoms with Crippen molar-refractivity contribution in [3.63, 3.8) is 0 Å². The summed E-state index contributed by atoms with van der Waals surface area (Å²) in [5.41, 5.74) is 1.55. The monoisotopic (exact) mass is 432 g/mol. The van der Waals surface area contributed by atoms with Crippen molar-refractivity contribution < 1.29 is 18.7 Å². The third kappa shape index (κ3) is 7.06. The molecule has 2 aromatic carbocycles. The topological polar surface area (TPSA) is 65.7 Å². The van der Waals surface area contributed by atoms with Crippen molar-refractivity contribution in [1.82, 2.24) is 0 Å². The number of fused-ring (bicyclic) bond motifs is 1. The van der Waals surface area contributed by atoms with E-state index in [-0.39, 0.29) is 18.0 Å². The Kier molecular flexibility index (Phi) is 9.02. The molecule has 1 aromatic heterocycles. The van der Waals surface area contributed by atoms with E-state index >= 15 is 0 Å². The van der Waals surface area contributed by atoms with Crippen molar-refractivity contribution in [3.8, 4) is 16.9 Å². The molecule has 0 fully saturated rings. The zero-order valence-electron chi connectivity index (χ0n) is 18.1. The van der Waals surface area contributed by atoms with E-state index in [9.17, 15) is 9.59 Å². The van der Waals surface area contributed by atoms with Gasteiger partial charge in [-0.2, -0.15) is 0 Å². The van der Waals surface area contributed by atoms with Crippen LogP contribution in [0.1, 0.15) is 25.7 Å². The molecule has 0 N–H and O–H groups in total. The zero-order chi connectivity index (χ0) is 22.6. The van der Waals surface area contributed by atoms with Gasteiger partial charge in [0.1, 0.15) is 17.9 Å². The lowest BCUT2D eigenvalue weighted by Crippen LogP contribution is -2.05. The van der Waals surface area contributed by atoms with Crippen LogP contribution >= 0.6 is 0 Å². The first-order valence-electron chi connectivity index (χ1n) is 10.8. The Bertz CT molecular complexity index is 1110. The van der Waals surface area contributed by atoms with Crippen molar-refractivity contribution in [2.45, 2.75) is 25.7 Å². The van der Waals surface area contributed by atoms with E-state index < -0.39 is 0 Å². The summed E-state index contributed by atoms with van der Waals surface area (Å²) in [5, 5.41) is 0.858. The van der Waals surface area contributed by atoms with Gasteiger partial charge >= 0.3 is 5.63 Å². The fourth-order valence-corrected chi connectivity index (χ4v) is 3.16. The van der Waals surface area contributed by atoms with Gasteiger partial charge in [0, 0.05) is 18.1 Å². The summed E-state index contributed by atoms with van der Waals surface area (Å²) in [6, 6.07) is 16.9. The van der Waals surface area contributed by atoms with E-state index in [1.807, 2.05) is 48.5 Å². The van der Waals surface area contributed by atoms with Crippen LogP contribution in [0.4, 0.5) is 0 Å². The van der Waals surface area contributed by atoms with Crippen LogP contribution < -0.4 is 10.4 Å². The maximum atomic E-state index is 12.4. The molecule has 0 spiro atoms. The fourth-order valence-electron chi connectivity index (χ4n) is 3.16. The molecular weight excluding hydrogens is 404 g/mol. The Morgan fingerprint density at radius 2 is 1.72 bits per heavy atom. The molecule has 0 amide bonds. The first kappa shape index (κ1) is 23.2. The second-order valence-electron chi connectivity index (χ2n) is 7.34. The van der Waals surface area contributed by atoms with E-state index in [0.717, 1.165) is 36.6 Å². The molecule has 3 aromatic rings. The van der Waals surface area contributed by atoms with Crippen LogP contribution in [-0.4, -0.2) is 25.6 Å². The van der Waals surface area contributed by atoms with Crippen molar-refractivity contribution in [1.29, 1.82) is 0 Å². The van der Waals surface area contributed by atoms with Gasteiger partial charge in [-0.05, 0) is 55.5 Å². The van der Waals surface area contributed by atoms with E-state index in [0.29, 0.717) is 30.1 Å². The Labute approximate surface area is 188 Å².